The Morgan fingerprint density at radius 1 is 1.00 bits per heavy atom. The minimum absolute atomic E-state index is 0.567. The zero-order valence-corrected chi connectivity index (χ0v) is 7.86. The minimum atomic E-state index is 0.567. The van der Waals surface area contributed by atoms with Crippen LogP contribution in [0.4, 0.5) is 5.82 Å². The van der Waals surface area contributed by atoms with Gasteiger partial charge in [0.25, 0.3) is 0 Å². The lowest BCUT2D eigenvalue weighted by Crippen LogP contribution is -1.88. The van der Waals surface area contributed by atoms with Crippen LogP contribution in [0.2, 0.25) is 0 Å². The lowest BCUT2D eigenvalue weighted by Gasteiger charge is -2.00. The first-order valence-electron chi connectivity index (χ1n) is 4.57. The summed E-state index contributed by atoms with van der Waals surface area (Å²) in [5, 5.41) is 14.6. The van der Waals surface area contributed by atoms with Gasteiger partial charge in [-0.25, -0.2) is 0 Å². The van der Waals surface area contributed by atoms with Gasteiger partial charge in [-0.1, -0.05) is 18.2 Å². The molecule has 2 heterocycles. The highest BCUT2D eigenvalue weighted by atomic mass is 15.1. The Kier molecular flexibility index (Phi) is 1.53. The average Bonchev–Trinajstić information content (AvgIpc) is 2.85. The third-order valence-corrected chi connectivity index (χ3v) is 2.44. The fraction of sp³-hybridized carbons (Fsp3) is 0. The number of nitrogens with zero attached hydrogens (tertiary/aromatic N) is 2. The van der Waals surface area contributed by atoms with Gasteiger partial charge < -0.3 is 5.73 Å². The van der Waals surface area contributed by atoms with Crippen LogP contribution in [0.1, 0.15) is 0 Å². The van der Waals surface area contributed by atoms with Crippen molar-refractivity contribution < 1.29 is 0 Å². The molecule has 0 fully saturated rings. The molecular weight excluding hydrogens is 190 g/mol. The normalized spacial score (nSPS) is 10.9. The number of hydrogen-bond donors (Lipinski definition) is 3. The second kappa shape index (κ2) is 2.84. The van der Waals surface area contributed by atoms with Crippen molar-refractivity contribution in [3.63, 3.8) is 0 Å². The summed E-state index contributed by atoms with van der Waals surface area (Å²) in [4.78, 5) is 0. The number of nitrogen functional groups attached to an aromatic ring is 1. The van der Waals surface area contributed by atoms with Crippen molar-refractivity contribution in [1.82, 2.24) is 20.4 Å². The lowest BCUT2D eigenvalue weighted by molar-refractivity contribution is 1.10. The van der Waals surface area contributed by atoms with Gasteiger partial charge in [-0.05, 0) is 0 Å². The number of aromatic nitrogens is 4. The van der Waals surface area contributed by atoms with Gasteiger partial charge in [-0.15, -0.1) is 0 Å². The number of para-hydroxylation sites is 1. The molecule has 0 amide bonds. The van der Waals surface area contributed by atoms with Crippen LogP contribution in [-0.4, -0.2) is 20.4 Å². The van der Waals surface area contributed by atoms with Crippen LogP contribution < -0.4 is 5.73 Å². The van der Waals surface area contributed by atoms with Crippen molar-refractivity contribution in [3.8, 4) is 11.1 Å². The van der Waals surface area contributed by atoms with E-state index in [0.29, 0.717) is 5.82 Å². The first-order valence-corrected chi connectivity index (χ1v) is 4.57. The summed E-state index contributed by atoms with van der Waals surface area (Å²) in [7, 11) is 0. The molecule has 0 saturated carbocycles. The molecule has 0 aliphatic heterocycles. The van der Waals surface area contributed by atoms with Gasteiger partial charge in [0.05, 0.1) is 17.9 Å². The summed E-state index contributed by atoms with van der Waals surface area (Å²) in [6.45, 7) is 0. The zero-order valence-electron chi connectivity index (χ0n) is 7.86. The Hall–Kier alpha value is -2.30. The predicted octanol–water partition coefficient (Wildman–Crippen LogP) is 1.54. The topological polar surface area (TPSA) is 83.4 Å². The van der Waals surface area contributed by atoms with Crippen LogP contribution in [0.25, 0.3) is 22.0 Å². The van der Waals surface area contributed by atoms with Crippen LogP contribution in [0.15, 0.2) is 30.6 Å². The molecule has 0 unspecified atom stereocenters. The third kappa shape index (κ3) is 1.10. The molecule has 0 atom stereocenters. The summed E-state index contributed by atoms with van der Waals surface area (Å²) in [5.41, 5.74) is 8.66. The number of nitrogens with one attached hydrogen (secondary N) is 2. The van der Waals surface area contributed by atoms with E-state index in [1.54, 1.807) is 12.4 Å². The van der Waals surface area contributed by atoms with E-state index in [9.17, 15) is 0 Å². The molecule has 0 radical (unpaired) electrons. The average molecular weight is 199 g/mol. The van der Waals surface area contributed by atoms with Crippen LogP contribution in [0.5, 0.6) is 0 Å². The van der Waals surface area contributed by atoms with Crippen molar-refractivity contribution in [3.05, 3.63) is 30.6 Å². The van der Waals surface area contributed by atoms with E-state index in [2.05, 4.69) is 20.4 Å². The van der Waals surface area contributed by atoms with E-state index in [-0.39, 0.29) is 0 Å². The quantitative estimate of drug-likeness (QED) is 0.555. The van der Waals surface area contributed by atoms with Crippen LogP contribution in [-0.2, 0) is 0 Å². The van der Waals surface area contributed by atoms with E-state index >= 15 is 0 Å². The third-order valence-electron chi connectivity index (χ3n) is 2.44. The fourth-order valence-electron chi connectivity index (χ4n) is 1.70. The molecule has 1 aromatic carbocycles. The fourth-order valence-corrected chi connectivity index (χ4v) is 1.70. The molecule has 5 nitrogen and oxygen atoms in total. The Bertz CT molecular complexity index is 607. The van der Waals surface area contributed by atoms with Gasteiger partial charge in [-0.3, -0.25) is 10.2 Å². The van der Waals surface area contributed by atoms with Gasteiger partial charge >= 0.3 is 0 Å². The second-order valence-electron chi connectivity index (χ2n) is 3.34. The summed E-state index contributed by atoms with van der Waals surface area (Å²) in [6.07, 6.45) is 3.50. The summed E-state index contributed by atoms with van der Waals surface area (Å²) < 4.78 is 0. The molecular formula is C10H9N5. The van der Waals surface area contributed by atoms with E-state index in [4.69, 9.17) is 5.73 Å². The molecule has 2 aromatic heterocycles. The highest BCUT2D eigenvalue weighted by Gasteiger charge is 2.09. The van der Waals surface area contributed by atoms with E-state index < -0.39 is 0 Å². The maximum Gasteiger partial charge on any atom is 0.126 e. The Labute approximate surface area is 85.3 Å². The number of hydrogen-bond acceptors (Lipinski definition) is 3. The van der Waals surface area contributed by atoms with Gasteiger partial charge in [0.1, 0.15) is 5.82 Å². The van der Waals surface area contributed by atoms with E-state index in [1.807, 2.05) is 18.2 Å². The molecule has 0 aliphatic carbocycles. The van der Waals surface area contributed by atoms with E-state index in [1.165, 1.54) is 0 Å². The standard InChI is InChI=1S/C10H9N5/c11-10-8(5-13-15-10)7-3-1-2-6-4-12-14-9(6)7/h1-5H,(H,12,14)(H3,11,13,15). The molecule has 74 valence electrons. The number of rotatable bonds is 1. The monoisotopic (exact) mass is 199 g/mol. The van der Waals surface area contributed by atoms with Crippen molar-refractivity contribution in [1.29, 1.82) is 0 Å². The smallest absolute Gasteiger partial charge is 0.126 e. The molecule has 3 aromatic rings. The zero-order chi connectivity index (χ0) is 10.3. The largest absolute Gasteiger partial charge is 0.384 e. The van der Waals surface area contributed by atoms with Crippen molar-refractivity contribution in [2.75, 3.05) is 5.73 Å². The molecule has 0 bridgehead atoms. The number of anilines is 1. The van der Waals surface area contributed by atoms with Crippen LogP contribution in [0.3, 0.4) is 0 Å². The Morgan fingerprint density at radius 2 is 1.87 bits per heavy atom. The lowest BCUT2D eigenvalue weighted by atomic mass is 10.1. The van der Waals surface area contributed by atoms with Crippen molar-refractivity contribution in [2.45, 2.75) is 0 Å². The summed E-state index contributed by atoms with van der Waals surface area (Å²) >= 11 is 0. The van der Waals surface area contributed by atoms with Gasteiger partial charge in [0.15, 0.2) is 0 Å². The highest BCUT2D eigenvalue weighted by molar-refractivity contribution is 5.95. The minimum Gasteiger partial charge on any atom is -0.384 e. The highest BCUT2D eigenvalue weighted by Crippen LogP contribution is 2.29. The first-order chi connectivity index (χ1) is 7.36. The number of H-pyrrole nitrogens is 2. The van der Waals surface area contributed by atoms with Gasteiger partial charge in [0.2, 0.25) is 0 Å². The molecule has 4 N–H and O–H groups in total. The molecule has 15 heavy (non-hydrogen) atoms. The van der Waals surface area contributed by atoms with E-state index in [0.717, 1.165) is 22.0 Å². The Balaban J connectivity index is 2.36. The SMILES string of the molecule is Nc1[nH]ncc1-c1cccc2cn[nH]c12. The van der Waals surface area contributed by atoms with Crippen LogP contribution in [0, 0.1) is 0 Å². The molecule has 5 heteroatoms. The summed E-state index contributed by atoms with van der Waals surface area (Å²) in [5.74, 6) is 0.567. The maximum atomic E-state index is 5.78. The predicted molar refractivity (Wildman–Crippen MR) is 58.1 cm³/mol. The number of aromatic amines is 2. The molecule has 0 saturated heterocycles. The van der Waals surface area contributed by atoms with Crippen LogP contribution >= 0.6 is 0 Å². The molecule has 0 aliphatic rings. The molecule has 3 rings (SSSR count). The number of nitrogens with two attached hydrogens (primary N) is 1. The molecule has 0 spiro atoms. The first kappa shape index (κ1) is 8.05. The Morgan fingerprint density at radius 3 is 2.67 bits per heavy atom. The summed E-state index contributed by atoms with van der Waals surface area (Å²) in [6, 6.07) is 5.96. The van der Waals surface area contributed by atoms with Crippen molar-refractivity contribution in [2.24, 2.45) is 0 Å². The number of benzene rings is 1. The number of fused-ring (bicyclic) bond motifs is 1. The van der Waals surface area contributed by atoms with Gasteiger partial charge in [-0.2, -0.15) is 10.2 Å². The van der Waals surface area contributed by atoms with Crippen molar-refractivity contribution >= 4 is 16.7 Å². The maximum absolute atomic E-state index is 5.78. The van der Waals surface area contributed by atoms with Gasteiger partial charge in [0, 0.05) is 16.5 Å². The second-order valence-corrected chi connectivity index (χ2v) is 3.34.